The van der Waals surface area contributed by atoms with Gasteiger partial charge in [-0.3, -0.25) is 4.79 Å². The van der Waals surface area contributed by atoms with Crippen LogP contribution in [0, 0.1) is 0 Å². The molecule has 16 heavy (non-hydrogen) atoms. The lowest BCUT2D eigenvalue weighted by Crippen LogP contribution is -2.25. The Morgan fingerprint density at radius 1 is 1.69 bits per heavy atom. The standard InChI is InChI=1S/C11H15BrN2O2/c1-8(15)4-2-7-14-11(16)9-5-3-6-13-10(9)12/h3,5-6,8,15H,2,4,7H2,1H3,(H,14,16). The fourth-order valence-corrected chi connectivity index (χ4v) is 1.68. The van der Waals surface area contributed by atoms with Crippen molar-refractivity contribution in [2.45, 2.75) is 25.9 Å². The number of carbonyl (C=O) groups excluding carboxylic acids is 1. The van der Waals surface area contributed by atoms with Crippen LogP contribution in [0.2, 0.25) is 0 Å². The topological polar surface area (TPSA) is 62.2 Å². The van der Waals surface area contributed by atoms with Gasteiger partial charge in [0.2, 0.25) is 0 Å². The molecule has 0 spiro atoms. The van der Waals surface area contributed by atoms with Gasteiger partial charge in [-0.2, -0.15) is 0 Å². The Bertz CT molecular complexity index is 356. The van der Waals surface area contributed by atoms with E-state index in [0.717, 1.165) is 6.42 Å². The van der Waals surface area contributed by atoms with Crippen LogP contribution in [0.5, 0.6) is 0 Å². The number of aromatic nitrogens is 1. The quantitative estimate of drug-likeness (QED) is 0.640. The molecule has 1 rings (SSSR count). The van der Waals surface area contributed by atoms with Crippen molar-refractivity contribution in [3.05, 3.63) is 28.5 Å². The van der Waals surface area contributed by atoms with Gasteiger partial charge >= 0.3 is 0 Å². The first-order valence-corrected chi connectivity index (χ1v) is 5.97. The van der Waals surface area contributed by atoms with Crippen molar-refractivity contribution in [3.63, 3.8) is 0 Å². The van der Waals surface area contributed by atoms with Gasteiger partial charge in [0, 0.05) is 12.7 Å². The Labute approximate surface area is 103 Å². The molecule has 0 aliphatic heterocycles. The van der Waals surface area contributed by atoms with Crippen molar-refractivity contribution < 1.29 is 9.90 Å². The first-order chi connectivity index (χ1) is 7.61. The third kappa shape index (κ3) is 4.28. The van der Waals surface area contributed by atoms with Gasteiger partial charge in [-0.25, -0.2) is 4.98 Å². The summed E-state index contributed by atoms with van der Waals surface area (Å²) in [4.78, 5) is 15.6. The van der Waals surface area contributed by atoms with E-state index >= 15 is 0 Å². The zero-order valence-electron chi connectivity index (χ0n) is 9.11. The van der Waals surface area contributed by atoms with Crippen LogP contribution in [0.15, 0.2) is 22.9 Å². The Balaban J connectivity index is 2.39. The number of nitrogens with one attached hydrogen (secondary N) is 1. The lowest BCUT2D eigenvalue weighted by Gasteiger charge is -2.07. The number of pyridine rings is 1. The van der Waals surface area contributed by atoms with Gasteiger partial charge in [0.25, 0.3) is 5.91 Å². The summed E-state index contributed by atoms with van der Waals surface area (Å²) in [6, 6.07) is 3.43. The summed E-state index contributed by atoms with van der Waals surface area (Å²) in [5.41, 5.74) is 0.527. The van der Waals surface area contributed by atoms with Crippen LogP contribution in [-0.2, 0) is 0 Å². The molecule has 0 aromatic carbocycles. The van der Waals surface area contributed by atoms with Crippen molar-refractivity contribution in [1.29, 1.82) is 0 Å². The maximum absolute atomic E-state index is 11.7. The monoisotopic (exact) mass is 286 g/mol. The molecular formula is C11H15BrN2O2. The van der Waals surface area contributed by atoms with E-state index < -0.39 is 0 Å². The van der Waals surface area contributed by atoms with Gasteiger partial charge in [0.1, 0.15) is 4.60 Å². The number of hydrogen-bond acceptors (Lipinski definition) is 3. The predicted octanol–water partition coefficient (Wildman–Crippen LogP) is 1.73. The van der Waals surface area contributed by atoms with Gasteiger partial charge in [-0.1, -0.05) is 0 Å². The summed E-state index contributed by atoms with van der Waals surface area (Å²) in [6.45, 7) is 2.30. The van der Waals surface area contributed by atoms with Crippen molar-refractivity contribution in [2.24, 2.45) is 0 Å². The van der Waals surface area contributed by atoms with Crippen molar-refractivity contribution in [1.82, 2.24) is 10.3 Å². The fourth-order valence-electron chi connectivity index (χ4n) is 1.25. The largest absolute Gasteiger partial charge is 0.393 e. The van der Waals surface area contributed by atoms with Gasteiger partial charge in [0.15, 0.2) is 0 Å². The Hall–Kier alpha value is -0.940. The minimum atomic E-state index is -0.318. The molecule has 0 saturated heterocycles. The van der Waals surface area contributed by atoms with E-state index in [2.05, 4.69) is 26.2 Å². The molecule has 1 atom stereocenters. The maximum Gasteiger partial charge on any atom is 0.254 e. The van der Waals surface area contributed by atoms with E-state index in [9.17, 15) is 4.79 Å². The molecule has 0 bridgehead atoms. The van der Waals surface area contributed by atoms with E-state index in [0.29, 0.717) is 23.1 Å². The Morgan fingerprint density at radius 3 is 3.06 bits per heavy atom. The third-order valence-corrected chi connectivity index (χ3v) is 2.72. The molecule has 0 fully saturated rings. The number of hydrogen-bond donors (Lipinski definition) is 2. The Kier molecular flexibility index (Phi) is 5.42. The number of halogens is 1. The average Bonchev–Trinajstić information content (AvgIpc) is 2.24. The molecule has 1 aromatic heterocycles. The summed E-state index contributed by atoms with van der Waals surface area (Å²) >= 11 is 3.22. The van der Waals surface area contributed by atoms with Crippen LogP contribution >= 0.6 is 15.9 Å². The van der Waals surface area contributed by atoms with E-state index in [1.54, 1.807) is 25.3 Å². The van der Waals surface area contributed by atoms with Crippen LogP contribution in [0.25, 0.3) is 0 Å². The number of carbonyl (C=O) groups is 1. The predicted molar refractivity (Wildman–Crippen MR) is 65.2 cm³/mol. The van der Waals surface area contributed by atoms with Gasteiger partial charge in [-0.15, -0.1) is 0 Å². The van der Waals surface area contributed by atoms with E-state index in [1.807, 2.05) is 0 Å². The molecular weight excluding hydrogens is 272 g/mol. The van der Waals surface area contributed by atoms with Gasteiger partial charge in [-0.05, 0) is 47.8 Å². The normalized spacial score (nSPS) is 12.2. The summed E-state index contributed by atoms with van der Waals surface area (Å²) in [7, 11) is 0. The van der Waals surface area contributed by atoms with Crippen molar-refractivity contribution in [2.75, 3.05) is 6.54 Å². The summed E-state index contributed by atoms with van der Waals surface area (Å²) in [5.74, 6) is -0.148. The molecule has 1 amide bonds. The SMILES string of the molecule is CC(O)CCCNC(=O)c1cccnc1Br. The molecule has 88 valence electrons. The highest BCUT2D eigenvalue weighted by Crippen LogP contribution is 2.11. The molecule has 1 heterocycles. The Morgan fingerprint density at radius 2 is 2.44 bits per heavy atom. The van der Waals surface area contributed by atoms with Gasteiger partial charge in [0.05, 0.1) is 11.7 Å². The number of nitrogens with zero attached hydrogens (tertiary/aromatic N) is 1. The van der Waals surface area contributed by atoms with Crippen molar-refractivity contribution >= 4 is 21.8 Å². The summed E-state index contributed by atoms with van der Waals surface area (Å²) in [5, 5.41) is 11.8. The molecule has 1 aromatic rings. The van der Waals surface area contributed by atoms with E-state index in [1.165, 1.54) is 0 Å². The second kappa shape index (κ2) is 6.60. The minimum Gasteiger partial charge on any atom is -0.393 e. The maximum atomic E-state index is 11.7. The molecule has 0 saturated carbocycles. The zero-order valence-corrected chi connectivity index (χ0v) is 10.7. The molecule has 0 aliphatic rings. The fraction of sp³-hybridized carbons (Fsp3) is 0.455. The number of rotatable bonds is 5. The number of aliphatic hydroxyl groups is 1. The van der Waals surface area contributed by atoms with Crippen LogP contribution < -0.4 is 5.32 Å². The highest BCUT2D eigenvalue weighted by atomic mass is 79.9. The lowest BCUT2D eigenvalue weighted by atomic mass is 10.2. The van der Waals surface area contributed by atoms with Crippen LogP contribution in [0.4, 0.5) is 0 Å². The molecule has 4 nitrogen and oxygen atoms in total. The number of aliphatic hydroxyl groups excluding tert-OH is 1. The summed E-state index contributed by atoms with van der Waals surface area (Å²) < 4.78 is 0.544. The second-order valence-electron chi connectivity index (χ2n) is 3.59. The molecule has 0 aliphatic carbocycles. The van der Waals surface area contributed by atoms with Crippen LogP contribution in [-0.4, -0.2) is 28.6 Å². The molecule has 0 radical (unpaired) electrons. The van der Waals surface area contributed by atoms with Gasteiger partial charge < -0.3 is 10.4 Å². The third-order valence-electron chi connectivity index (χ3n) is 2.09. The molecule has 2 N–H and O–H groups in total. The van der Waals surface area contributed by atoms with Crippen LogP contribution in [0.3, 0.4) is 0 Å². The first kappa shape index (κ1) is 13.1. The second-order valence-corrected chi connectivity index (χ2v) is 4.34. The van der Waals surface area contributed by atoms with E-state index in [-0.39, 0.29) is 12.0 Å². The number of amides is 1. The van der Waals surface area contributed by atoms with E-state index in [4.69, 9.17) is 5.11 Å². The molecule has 5 heteroatoms. The lowest BCUT2D eigenvalue weighted by molar-refractivity contribution is 0.0948. The highest BCUT2D eigenvalue weighted by molar-refractivity contribution is 9.10. The van der Waals surface area contributed by atoms with Crippen LogP contribution in [0.1, 0.15) is 30.1 Å². The average molecular weight is 287 g/mol. The zero-order chi connectivity index (χ0) is 12.0. The smallest absolute Gasteiger partial charge is 0.254 e. The minimum absolute atomic E-state index is 0.148. The molecule has 1 unspecified atom stereocenters. The van der Waals surface area contributed by atoms with Crippen molar-refractivity contribution in [3.8, 4) is 0 Å². The highest BCUT2D eigenvalue weighted by Gasteiger charge is 2.09. The summed E-state index contributed by atoms with van der Waals surface area (Å²) in [6.07, 6.45) is 2.76. The first-order valence-electron chi connectivity index (χ1n) is 5.18.